The minimum Gasteiger partial charge on any atom is -0.351 e. The van der Waals surface area contributed by atoms with Gasteiger partial charge in [-0.1, -0.05) is 12.1 Å². The van der Waals surface area contributed by atoms with Crippen LogP contribution in [0.1, 0.15) is 25.8 Å². The van der Waals surface area contributed by atoms with Crippen molar-refractivity contribution in [1.29, 1.82) is 0 Å². The highest BCUT2D eigenvalue weighted by molar-refractivity contribution is 7.80. The van der Waals surface area contributed by atoms with Crippen LogP contribution in [0.5, 0.6) is 0 Å². The number of benzene rings is 1. The zero-order valence-corrected chi connectivity index (χ0v) is 12.4. The molecule has 0 saturated heterocycles. The van der Waals surface area contributed by atoms with E-state index in [-0.39, 0.29) is 5.91 Å². The number of rotatable bonds is 5. The standard InChI is InChI=1S/C14H16N2OS2/c1-10-16-9-13(19-10)8-11-3-2-4-12(7-11)14(17)15-5-6-18/h2-4,7,9,18H,5-6,8H2,1H3,(H,15,17). The van der Waals surface area contributed by atoms with Gasteiger partial charge < -0.3 is 5.32 Å². The first kappa shape index (κ1) is 14.1. The summed E-state index contributed by atoms with van der Waals surface area (Å²) < 4.78 is 0. The Labute approximate surface area is 122 Å². The molecule has 0 bridgehead atoms. The molecule has 0 radical (unpaired) electrons. The van der Waals surface area contributed by atoms with E-state index in [0.29, 0.717) is 17.9 Å². The number of aromatic nitrogens is 1. The summed E-state index contributed by atoms with van der Waals surface area (Å²) in [4.78, 5) is 17.3. The predicted molar refractivity (Wildman–Crippen MR) is 82.3 cm³/mol. The molecule has 0 fully saturated rings. The molecular weight excluding hydrogens is 276 g/mol. The van der Waals surface area contributed by atoms with Crippen LogP contribution in [0.15, 0.2) is 30.5 Å². The van der Waals surface area contributed by atoms with Crippen LogP contribution >= 0.6 is 24.0 Å². The third kappa shape index (κ3) is 4.08. The summed E-state index contributed by atoms with van der Waals surface area (Å²) in [7, 11) is 0. The predicted octanol–water partition coefficient (Wildman–Crippen LogP) is 2.70. The number of thiazole rings is 1. The lowest BCUT2D eigenvalue weighted by Crippen LogP contribution is -2.25. The van der Waals surface area contributed by atoms with Crippen molar-refractivity contribution in [2.24, 2.45) is 0 Å². The molecule has 0 aliphatic heterocycles. The maximum Gasteiger partial charge on any atom is 0.251 e. The number of nitrogens with one attached hydrogen (secondary N) is 1. The summed E-state index contributed by atoms with van der Waals surface area (Å²) in [6.45, 7) is 2.58. The van der Waals surface area contributed by atoms with Crippen LogP contribution in [0, 0.1) is 6.92 Å². The van der Waals surface area contributed by atoms with Crippen molar-refractivity contribution >= 4 is 29.9 Å². The fourth-order valence-electron chi connectivity index (χ4n) is 1.78. The molecule has 2 rings (SSSR count). The molecule has 0 atom stereocenters. The number of amides is 1. The Balaban J connectivity index is 2.08. The van der Waals surface area contributed by atoms with E-state index in [1.165, 1.54) is 4.88 Å². The van der Waals surface area contributed by atoms with Crippen molar-refractivity contribution in [3.05, 3.63) is 51.5 Å². The van der Waals surface area contributed by atoms with Crippen molar-refractivity contribution in [3.8, 4) is 0 Å². The van der Waals surface area contributed by atoms with Crippen molar-refractivity contribution in [3.63, 3.8) is 0 Å². The number of hydrogen-bond acceptors (Lipinski definition) is 4. The molecule has 100 valence electrons. The first-order chi connectivity index (χ1) is 9.19. The Morgan fingerprint density at radius 3 is 3.00 bits per heavy atom. The Hall–Kier alpha value is -1.33. The molecule has 0 spiro atoms. The normalized spacial score (nSPS) is 10.4. The zero-order chi connectivity index (χ0) is 13.7. The first-order valence-corrected chi connectivity index (χ1v) is 7.53. The number of thiol groups is 1. The molecule has 2 aromatic rings. The Morgan fingerprint density at radius 2 is 2.32 bits per heavy atom. The van der Waals surface area contributed by atoms with Gasteiger partial charge in [0.05, 0.1) is 5.01 Å². The van der Waals surface area contributed by atoms with Gasteiger partial charge in [-0.05, 0) is 24.6 Å². The van der Waals surface area contributed by atoms with Gasteiger partial charge in [0.15, 0.2) is 0 Å². The second-order valence-corrected chi connectivity index (χ2v) is 5.97. The van der Waals surface area contributed by atoms with Crippen LogP contribution in [0.2, 0.25) is 0 Å². The lowest BCUT2D eigenvalue weighted by atomic mass is 10.1. The van der Waals surface area contributed by atoms with Gasteiger partial charge in [0.25, 0.3) is 5.91 Å². The van der Waals surface area contributed by atoms with Crippen LogP contribution in [0.3, 0.4) is 0 Å². The maximum atomic E-state index is 11.9. The molecule has 5 heteroatoms. The van der Waals surface area contributed by atoms with Crippen LogP contribution < -0.4 is 5.32 Å². The van der Waals surface area contributed by atoms with E-state index in [1.807, 2.05) is 37.4 Å². The van der Waals surface area contributed by atoms with Crippen LogP contribution in [-0.4, -0.2) is 23.2 Å². The van der Waals surface area contributed by atoms with E-state index in [2.05, 4.69) is 22.9 Å². The van der Waals surface area contributed by atoms with Gasteiger partial charge >= 0.3 is 0 Å². The van der Waals surface area contributed by atoms with Gasteiger partial charge in [0, 0.05) is 35.4 Å². The van der Waals surface area contributed by atoms with E-state index in [9.17, 15) is 4.79 Å². The largest absolute Gasteiger partial charge is 0.351 e. The van der Waals surface area contributed by atoms with Crippen molar-refractivity contribution in [1.82, 2.24) is 10.3 Å². The Kier molecular flexibility index (Phi) is 4.99. The summed E-state index contributed by atoms with van der Waals surface area (Å²) in [5.74, 6) is 0.599. The van der Waals surface area contributed by atoms with E-state index in [4.69, 9.17) is 0 Å². The van der Waals surface area contributed by atoms with E-state index >= 15 is 0 Å². The first-order valence-electron chi connectivity index (χ1n) is 6.08. The third-order valence-corrected chi connectivity index (χ3v) is 3.77. The molecule has 1 aromatic carbocycles. The topological polar surface area (TPSA) is 42.0 Å². The smallest absolute Gasteiger partial charge is 0.251 e. The molecule has 1 heterocycles. The SMILES string of the molecule is Cc1ncc(Cc2cccc(C(=O)NCCS)c2)s1. The number of nitrogens with zero attached hydrogens (tertiary/aromatic N) is 1. The number of aryl methyl sites for hydroxylation is 1. The summed E-state index contributed by atoms with van der Waals surface area (Å²) in [6, 6.07) is 7.71. The van der Waals surface area contributed by atoms with Gasteiger partial charge in [-0.3, -0.25) is 4.79 Å². The molecule has 3 nitrogen and oxygen atoms in total. The van der Waals surface area contributed by atoms with Gasteiger partial charge in [-0.25, -0.2) is 4.98 Å². The van der Waals surface area contributed by atoms with E-state index in [0.717, 1.165) is 17.0 Å². The highest BCUT2D eigenvalue weighted by atomic mass is 32.1. The summed E-state index contributed by atoms with van der Waals surface area (Å²) in [5.41, 5.74) is 1.82. The van der Waals surface area contributed by atoms with Crippen LogP contribution in [-0.2, 0) is 6.42 Å². The van der Waals surface area contributed by atoms with Gasteiger partial charge in [0.1, 0.15) is 0 Å². The number of hydrogen-bond donors (Lipinski definition) is 2. The Bertz CT molecular complexity index is 566. The van der Waals surface area contributed by atoms with Crippen LogP contribution in [0.25, 0.3) is 0 Å². The Morgan fingerprint density at radius 1 is 1.47 bits per heavy atom. The minimum absolute atomic E-state index is 0.0450. The summed E-state index contributed by atoms with van der Waals surface area (Å²) >= 11 is 5.77. The highest BCUT2D eigenvalue weighted by Crippen LogP contribution is 2.17. The molecule has 0 saturated carbocycles. The molecule has 1 N–H and O–H groups in total. The molecule has 0 aliphatic rings. The average Bonchev–Trinajstić information content (AvgIpc) is 2.81. The fraction of sp³-hybridized carbons (Fsp3) is 0.286. The molecule has 0 aliphatic carbocycles. The molecule has 1 amide bonds. The van der Waals surface area contributed by atoms with E-state index < -0.39 is 0 Å². The summed E-state index contributed by atoms with van der Waals surface area (Å²) in [5, 5.41) is 3.89. The number of carbonyl (C=O) groups excluding carboxylic acids is 1. The second-order valence-electron chi connectivity index (χ2n) is 4.20. The van der Waals surface area contributed by atoms with Gasteiger partial charge in [-0.2, -0.15) is 12.6 Å². The highest BCUT2D eigenvalue weighted by Gasteiger charge is 2.06. The van der Waals surface area contributed by atoms with Crippen molar-refractivity contribution < 1.29 is 4.79 Å². The number of carbonyl (C=O) groups is 1. The minimum atomic E-state index is -0.0450. The molecular formula is C14H16N2OS2. The zero-order valence-electron chi connectivity index (χ0n) is 10.7. The quantitative estimate of drug-likeness (QED) is 0.832. The monoisotopic (exact) mass is 292 g/mol. The van der Waals surface area contributed by atoms with Gasteiger partial charge in [0.2, 0.25) is 0 Å². The lowest BCUT2D eigenvalue weighted by Gasteiger charge is -2.05. The van der Waals surface area contributed by atoms with Crippen LogP contribution in [0.4, 0.5) is 0 Å². The average molecular weight is 292 g/mol. The molecule has 1 aromatic heterocycles. The maximum absolute atomic E-state index is 11.9. The molecule has 0 unspecified atom stereocenters. The molecule has 19 heavy (non-hydrogen) atoms. The van der Waals surface area contributed by atoms with Crippen molar-refractivity contribution in [2.45, 2.75) is 13.3 Å². The summed E-state index contributed by atoms with van der Waals surface area (Å²) in [6.07, 6.45) is 2.72. The lowest BCUT2D eigenvalue weighted by molar-refractivity contribution is 0.0956. The second kappa shape index (κ2) is 6.73. The van der Waals surface area contributed by atoms with Gasteiger partial charge in [-0.15, -0.1) is 11.3 Å². The van der Waals surface area contributed by atoms with E-state index in [1.54, 1.807) is 11.3 Å². The fourth-order valence-corrected chi connectivity index (χ4v) is 2.72. The third-order valence-electron chi connectivity index (χ3n) is 2.63. The van der Waals surface area contributed by atoms with Crippen molar-refractivity contribution in [2.75, 3.05) is 12.3 Å².